The first kappa shape index (κ1) is 14.0. The van der Waals surface area contributed by atoms with Gasteiger partial charge >= 0.3 is 5.97 Å². The molecule has 0 aromatic heterocycles. The van der Waals surface area contributed by atoms with Crippen molar-refractivity contribution in [3.8, 4) is 0 Å². The molecular formula is C15H22O5. The molecule has 3 aliphatic heterocycles. The maximum atomic E-state index is 11.9. The van der Waals surface area contributed by atoms with Crippen molar-refractivity contribution in [2.45, 2.75) is 57.9 Å². The number of fused-ring (bicyclic) bond motifs is 1. The van der Waals surface area contributed by atoms with Crippen molar-refractivity contribution in [1.29, 1.82) is 0 Å². The van der Waals surface area contributed by atoms with Crippen LogP contribution >= 0.6 is 0 Å². The first-order chi connectivity index (χ1) is 9.33. The number of carbonyl (C=O) groups is 1. The molecule has 5 nitrogen and oxygen atoms in total. The maximum Gasteiger partial charge on any atom is 0.308 e. The standard InChI is InChI=1S/C15H22O5/c1-7(2)5-11(17)18-14-12-9-6-10(16)15(12,4)20-13(19-14)8(9)3/h7,9-10,12-14,16H,3,5-6H2,1-2,4H3/t9-,10+,12-,13+,14-,15-/m1/s1. The van der Waals surface area contributed by atoms with Gasteiger partial charge in [0, 0.05) is 6.42 Å². The summed E-state index contributed by atoms with van der Waals surface area (Å²) < 4.78 is 17.0. The second-order valence-electron chi connectivity index (χ2n) is 6.68. The fourth-order valence-corrected chi connectivity index (χ4v) is 3.66. The minimum Gasteiger partial charge on any atom is -0.435 e. The van der Waals surface area contributed by atoms with Crippen LogP contribution in [0.5, 0.6) is 0 Å². The summed E-state index contributed by atoms with van der Waals surface area (Å²) in [7, 11) is 0. The number of rotatable bonds is 3. The lowest BCUT2D eigenvalue weighted by Gasteiger charge is -2.52. The molecule has 0 amide bonds. The Morgan fingerprint density at radius 1 is 1.60 bits per heavy atom. The molecule has 1 N–H and O–H groups in total. The summed E-state index contributed by atoms with van der Waals surface area (Å²) in [5.74, 6) is -0.0986. The van der Waals surface area contributed by atoms with Crippen LogP contribution < -0.4 is 0 Å². The fraction of sp³-hybridized carbons (Fsp3) is 0.800. The number of aliphatic hydroxyl groups excluding tert-OH is 1. The smallest absolute Gasteiger partial charge is 0.308 e. The Morgan fingerprint density at radius 3 is 2.95 bits per heavy atom. The van der Waals surface area contributed by atoms with Crippen LogP contribution in [-0.2, 0) is 19.0 Å². The first-order valence-electron chi connectivity index (χ1n) is 7.22. The van der Waals surface area contributed by atoms with E-state index in [1.54, 1.807) is 0 Å². The molecule has 0 spiro atoms. The molecule has 3 saturated heterocycles. The molecule has 0 radical (unpaired) electrons. The van der Waals surface area contributed by atoms with Crippen LogP contribution in [0.4, 0.5) is 0 Å². The van der Waals surface area contributed by atoms with Crippen LogP contribution in [0.2, 0.25) is 0 Å². The number of ether oxygens (including phenoxy) is 3. The number of carbonyl (C=O) groups excluding carboxylic acids is 1. The van der Waals surface area contributed by atoms with E-state index in [9.17, 15) is 9.90 Å². The Labute approximate surface area is 118 Å². The molecule has 0 unspecified atom stereocenters. The van der Waals surface area contributed by atoms with Gasteiger partial charge in [-0.1, -0.05) is 20.4 Å². The highest BCUT2D eigenvalue weighted by atomic mass is 16.8. The Kier molecular flexibility index (Phi) is 3.19. The zero-order chi connectivity index (χ0) is 14.7. The molecule has 1 aliphatic carbocycles. The van der Waals surface area contributed by atoms with Gasteiger partial charge in [0.05, 0.1) is 12.0 Å². The van der Waals surface area contributed by atoms with Crippen LogP contribution in [0.15, 0.2) is 12.2 Å². The van der Waals surface area contributed by atoms with E-state index >= 15 is 0 Å². The lowest BCUT2D eigenvalue weighted by molar-refractivity contribution is -0.365. The molecule has 3 heterocycles. The van der Waals surface area contributed by atoms with E-state index in [-0.39, 0.29) is 23.7 Å². The molecule has 1 saturated carbocycles. The van der Waals surface area contributed by atoms with E-state index in [1.165, 1.54) is 0 Å². The van der Waals surface area contributed by atoms with Crippen molar-refractivity contribution in [1.82, 2.24) is 0 Å². The van der Waals surface area contributed by atoms with Crippen molar-refractivity contribution in [3.63, 3.8) is 0 Å². The largest absolute Gasteiger partial charge is 0.435 e. The summed E-state index contributed by atoms with van der Waals surface area (Å²) in [6.07, 6.45) is -0.836. The second kappa shape index (κ2) is 4.55. The Hall–Kier alpha value is -0.910. The Bertz CT molecular complexity index is 446. The molecule has 0 aromatic carbocycles. The highest BCUT2D eigenvalue weighted by Crippen LogP contribution is 2.57. The van der Waals surface area contributed by atoms with Gasteiger partial charge in [-0.2, -0.15) is 0 Å². The predicted molar refractivity (Wildman–Crippen MR) is 70.4 cm³/mol. The van der Waals surface area contributed by atoms with Crippen molar-refractivity contribution in [2.24, 2.45) is 17.8 Å². The minimum absolute atomic E-state index is 0.0966. The van der Waals surface area contributed by atoms with E-state index in [1.807, 2.05) is 20.8 Å². The monoisotopic (exact) mass is 282 g/mol. The SMILES string of the molecule is C=C1[C@H]2O[C@@H](OC(=O)CC(C)C)[C@H]3[C@@H]1C[C@H](O)[C@@]3(C)O2. The molecule has 4 bridgehead atoms. The maximum absolute atomic E-state index is 11.9. The van der Waals surface area contributed by atoms with E-state index < -0.39 is 24.3 Å². The normalized spacial score (nSPS) is 46.0. The fourth-order valence-electron chi connectivity index (χ4n) is 3.66. The third-order valence-electron chi connectivity index (χ3n) is 4.75. The second-order valence-corrected chi connectivity index (χ2v) is 6.68. The highest BCUT2D eigenvalue weighted by molar-refractivity contribution is 5.69. The van der Waals surface area contributed by atoms with E-state index in [0.29, 0.717) is 12.8 Å². The summed E-state index contributed by atoms with van der Waals surface area (Å²) in [4.78, 5) is 11.9. The average Bonchev–Trinajstić information content (AvgIpc) is 2.55. The quantitative estimate of drug-likeness (QED) is 0.629. The molecular weight excluding hydrogens is 260 g/mol. The van der Waals surface area contributed by atoms with Crippen LogP contribution in [0.1, 0.15) is 33.6 Å². The minimum atomic E-state index is -0.711. The molecule has 5 heteroatoms. The highest BCUT2D eigenvalue weighted by Gasteiger charge is 2.66. The molecule has 6 atom stereocenters. The number of hydrogen-bond acceptors (Lipinski definition) is 5. The lowest BCUT2D eigenvalue weighted by atomic mass is 9.77. The van der Waals surface area contributed by atoms with Crippen molar-refractivity contribution in [2.75, 3.05) is 0 Å². The molecule has 0 aromatic rings. The van der Waals surface area contributed by atoms with E-state index in [4.69, 9.17) is 14.2 Å². The topological polar surface area (TPSA) is 65.0 Å². The third-order valence-corrected chi connectivity index (χ3v) is 4.75. The van der Waals surface area contributed by atoms with E-state index in [2.05, 4.69) is 6.58 Å². The van der Waals surface area contributed by atoms with Crippen molar-refractivity contribution in [3.05, 3.63) is 12.2 Å². The zero-order valence-corrected chi connectivity index (χ0v) is 12.2. The average molecular weight is 282 g/mol. The van der Waals surface area contributed by atoms with Gasteiger partial charge in [-0.05, 0) is 30.8 Å². The van der Waals surface area contributed by atoms with E-state index in [0.717, 1.165) is 5.57 Å². The van der Waals surface area contributed by atoms with Crippen LogP contribution in [0.3, 0.4) is 0 Å². The van der Waals surface area contributed by atoms with Gasteiger partial charge in [0.1, 0.15) is 5.60 Å². The van der Waals surface area contributed by atoms with Gasteiger partial charge < -0.3 is 19.3 Å². The summed E-state index contributed by atoms with van der Waals surface area (Å²) in [6, 6.07) is 0. The van der Waals surface area contributed by atoms with Gasteiger partial charge in [-0.25, -0.2) is 0 Å². The summed E-state index contributed by atoms with van der Waals surface area (Å²) in [5.41, 5.74) is 0.137. The van der Waals surface area contributed by atoms with Gasteiger partial charge in [0.15, 0.2) is 6.29 Å². The molecule has 4 aliphatic rings. The van der Waals surface area contributed by atoms with Crippen LogP contribution in [0.25, 0.3) is 0 Å². The summed E-state index contributed by atoms with van der Waals surface area (Å²) in [5, 5.41) is 10.2. The molecule has 112 valence electrons. The van der Waals surface area contributed by atoms with Gasteiger partial charge in [0.25, 0.3) is 0 Å². The first-order valence-corrected chi connectivity index (χ1v) is 7.22. The molecule has 4 rings (SSSR count). The summed E-state index contributed by atoms with van der Waals surface area (Å²) in [6.45, 7) is 9.80. The van der Waals surface area contributed by atoms with Gasteiger partial charge in [-0.15, -0.1) is 0 Å². The number of hydrogen-bond donors (Lipinski definition) is 1. The van der Waals surface area contributed by atoms with Gasteiger partial charge in [-0.3, -0.25) is 4.79 Å². The summed E-state index contributed by atoms with van der Waals surface area (Å²) >= 11 is 0. The predicted octanol–water partition coefficient (Wildman–Crippen LogP) is 1.60. The van der Waals surface area contributed by atoms with Crippen LogP contribution in [-0.4, -0.2) is 35.4 Å². The lowest BCUT2D eigenvalue weighted by Crippen LogP contribution is -2.62. The number of esters is 1. The molecule has 20 heavy (non-hydrogen) atoms. The molecule has 4 fully saturated rings. The number of aliphatic hydroxyl groups is 1. The van der Waals surface area contributed by atoms with Crippen molar-refractivity contribution < 1.29 is 24.1 Å². The van der Waals surface area contributed by atoms with Gasteiger partial charge in [0.2, 0.25) is 6.29 Å². The Morgan fingerprint density at radius 2 is 2.30 bits per heavy atom. The zero-order valence-electron chi connectivity index (χ0n) is 12.2. The Balaban J connectivity index is 1.79. The third kappa shape index (κ3) is 1.91. The van der Waals surface area contributed by atoms with Crippen molar-refractivity contribution >= 4 is 5.97 Å². The van der Waals surface area contributed by atoms with Crippen LogP contribution in [0, 0.1) is 17.8 Å².